The van der Waals surface area contributed by atoms with Gasteiger partial charge in [0.2, 0.25) is 0 Å². The molecule has 0 saturated carbocycles. The van der Waals surface area contributed by atoms with Crippen LogP contribution in [0.1, 0.15) is 22.7 Å². The van der Waals surface area contributed by atoms with Gasteiger partial charge in [-0.25, -0.2) is 0 Å². The maximum absolute atomic E-state index is 6.16. The number of hydrogen-bond acceptors (Lipinski definition) is 3. The summed E-state index contributed by atoms with van der Waals surface area (Å²) in [6.07, 6.45) is 4.49. The SMILES string of the molecule is Cc1cscc1C(N)Cc1ccncc1. The van der Waals surface area contributed by atoms with Gasteiger partial charge in [0.25, 0.3) is 0 Å². The van der Waals surface area contributed by atoms with Gasteiger partial charge in [-0.15, -0.1) is 0 Å². The molecule has 0 amide bonds. The summed E-state index contributed by atoms with van der Waals surface area (Å²) in [5.74, 6) is 0. The molecule has 15 heavy (non-hydrogen) atoms. The van der Waals surface area contributed by atoms with E-state index in [1.54, 1.807) is 11.3 Å². The van der Waals surface area contributed by atoms with Gasteiger partial charge in [-0.3, -0.25) is 4.98 Å². The lowest BCUT2D eigenvalue weighted by molar-refractivity contribution is 0.719. The molecule has 2 heterocycles. The van der Waals surface area contributed by atoms with Crippen LogP contribution in [0.3, 0.4) is 0 Å². The number of aryl methyl sites for hydroxylation is 1. The van der Waals surface area contributed by atoms with Crippen LogP contribution in [-0.2, 0) is 6.42 Å². The molecule has 0 spiro atoms. The van der Waals surface area contributed by atoms with Gasteiger partial charge in [0.1, 0.15) is 0 Å². The molecule has 0 fully saturated rings. The molecule has 2 N–H and O–H groups in total. The van der Waals surface area contributed by atoms with E-state index in [0.29, 0.717) is 0 Å². The van der Waals surface area contributed by atoms with Crippen LogP contribution in [0.15, 0.2) is 35.3 Å². The van der Waals surface area contributed by atoms with Crippen LogP contribution in [0.25, 0.3) is 0 Å². The Bertz CT molecular complexity index is 422. The summed E-state index contributed by atoms with van der Waals surface area (Å²) in [7, 11) is 0. The van der Waals surface area contributed by atoms with Gasteiger partial charge in [-0.05, 0) is 52.9 Å². The smallest absolute Gasteiger partial charge is 0.0346 e. The summed E-state index contributed by atoms with van der Waals surface area (Å²) < 4.78 is 0. The van der Waals surface area contributed by atoms with E-state index in [4.69, 9.17) is 5.73 Å². The summed E-state index contributed by atoms with van der Waals surface area (Å²) >= 11 is 1.71. The van der Waals surface area contributed by atoms with E-state index in [2.05, 4.69) is 22.7 Å². The minimum absolute atomic E-state index is 0.0960. The van der Waals surface area contributed by atoms with Crippen molar-refractivity contribution in [2.45, 2.75) is 19.4 Å². The highest BCUT2D eigenvalue weighted by Gasteiger charge is 2.10. The molecule has 0 aliphatic heterocycles. The molecule has 0 saturated heterocycles. The molecule has 2 nitrogen and oxygen atoms in total. The van der Waals surface area contributed by atoms with Crippen molar-refractivity contribution in [3.05, 3.63) is 52.0 Å². The highest BCUT2D eigenvalue weighted by atomic mass is 32.1. The highest BCUT2D eigenvalue weighted by molar-refractivity contribution is 7.08. The van der Waals surface area contributed by atoms with Crippen LogP contribution in [0, 0.1) is 6.92 Å². The molecule has 1 unspecified atom stereocenters. The largest absolute Gasteiger partial charge is 0.324 e. The van der Waals surface area contributed by atoms with E-state index in [-0.39, 0.29) is 6.04 Å². The van der Waals surface area contributed by atoms with Crippen molar-refractivity contribution < 1.29 is 0 Å². The fourth-order valence-electron chi connectivity index (χ4n) is 1.63. The maximum Gasteiger partial charge on any atom is 0.0346 e. The molecule has 2 aromatic rings. The molecule has 0 aliphatic rings. The van der Waals surface area contributed by atoms with Gasteiger partial charge >= 0.3 is 0 Å². The van der Waals surface area contributed by atoms with Crippen molar-refractivity contribution in [3.8, 4) is 0 Å². The van der Waals surface area contributed by atoms with Crippen molar-refractivity contribution >= 4 is 11.3 Å². The van der Waals surface area contributed by atoms with Gasteiger partial charge in [0.15, 0.2) is 0 Å². The van der Waals surface area contributed by atoms with Crippen molar-refractivity contribution in [2.75, 3.05) is 0 Å². The van der Waals surface area contributed by atoms with E-state index >= 15 is 0 Å². The molecule has 1 atom stereocenters. The molecule has 0 aliphatic carbocycles. The van der Waals surface area contributed by atoms with Crippen LogP contribution in [-0.4, -0.2) is 4.98 Å². The maximum atomic E-state index is 6.16. The fourth-order valence-corrected chi connectivity index (χ4v) is 2.55. The number of thiophene rings is 1. The van der Waals surface area contributed by atoms with Crippen molar-refractivity contribution in [2.24, 2.45) is 5.73 Å². The first-order chi connectivity index (χ1) is 7.27. The van der Waals surface area contributed by atoms with Crippen LogP contribution < -0.4 is 5.73 Å². The van der Waals surface area contributed by atoms with Crippen molar-refractivity contribution in [1.29, 1.82) is 0 Å². The minimum Gasteiger partial charge on any atom is -0.324 e. The average molecular weight is 218 g/mol. The fraction of sp³-hybridized carbons (Fsp3) is 0.250. The van der Waals surface area contributed by atoms with E-state index in [1.165, 1.54) is 16.7 Å². The van der Waals surface area contributed by atoms with E-state index in [0.717, 1.165) is 6.42 Å². The second kappa shape index (κ2) is 4.55. The Balaban J connectivity index is 2.11. The summed E-state index contributed by atoms with van der Waals surface area (Å²) in [5, 5.41) is 4.28. The standard InChI is InChI=1S/C12H14N2S/c1-9-7-15-8-11(9)12(13)6-10-2-4-14-5-3-10/h2-5,7-8,12H,6,13H2,1H3. The number of nitrogens with two attached hydrogens (primary N) is 1. The summed E-state index contributed by atoms with van der Waals surface area (Å²) in [4.78, 5) is 3.99. The predicted molar refractivity (Wildman–Crippen MR) is 63.9 cm³/mol. The monoisotopic (exact) mass is 218 g/mol. The van der Waals surface area contributed by atoms with Gasteiger partial charge in [0.05, 0.1) is 0 Å². The summed E-state index contributed by atoms with van der Waals surface area (Å²) in [6, 6.07) is 4.13. The molecule has 0 bridgehead atoms. The van der Waals surface area contributed by atoms with Crippen LogP contribution in [0.5, 0.6) is 0 Å². The number of rotatable bonds is 3. The van der Waals surface area contributed by atoms with Crippen LogP contribution in [0.4, 0.5) is 0 Å². The Morgan fingerprint density at radius 3 is 2.67 bits per heavy atom. The Morgan fingerprint density at radius 1 is 1.33 bits per heavy atom. The van der Waals surface area contributed by atoms with Crippen molar-refractivity contribution in [1.82, 2.24) is 4.98 Å². The first-order valence-electron chi connectivity index (χ1n) is 4.94. The van der Waals surface area contributed by atoms with Gasteiger partial charge < -0.3 is 5.73 Å². The minimum atomic E-state index is 0.0960. The molecular weight excluding hydrogens is 204 g/mol. The number of aromatic nitrogens is 1. The third-order valence-electron chi connectivity index (χ3n) is 2.50. The molecule has 2 rings (SSSR count). The average Bonchev–Trinajstić information content (AvgIpc) is 2.66. The predicted octanol–water partition coefficient (Wildman–Crippen LogP) is 2.69. The Morgan fingerprint density at radius 2 is 2.07 bits per heavy atom. The van der Waals surface area contributed by atoms with Crippen molar-refractivity contribution in [3.63, 3.8) is 0 Å². The first-order valence-corrected chi connectivity index (χ1v) is 5.89. The van der Waals surface area contributed by atoms with Gasteiger partial charge in [-0.1, -0.05) is 0 Å². The first kappa shape index (κ1) is 10.3. The zero-order valence-corrected chi connectivity index (χ0v) is 9.50. The summed E-state index contributed by atoms with van der Waals surface area (Å²) in [6.45, 7) is 2.11. The Labute approximate surface area is 93.8 Å². The number of pyridine rings is 1. The van der Waals surface area contributed by atoms with Gasteiger partial charge in [-0.2, -0.15) is 11.3 Å². The van der Waals surface area contributed by atoms with Crippen LogP contribution in [0.2, 0.25) is 0 Å². The zero-order chi connectivity index (χ0) is 10.7. The second-order valence-corrected chi connectivity index (χ2v) is 4.42. The summed E-state index contributed by atoms with van der Waals surface area (Å²) in [5.41, 5.74) is 9.95. The molecule has 0 aromatic carbocycles. The third-order valence-corrected chi connectivity index (χ3v) is 3.38. The Hall–Kier alpha value is -1.19. The zero-order valence-electron chi connectivity index (χ0n) is 8.68. The van der Waals surface area contributed by atoms with E-state index in [1.807, 2.05) is 24.5 Å². The van der Waals surface area contributed by atoms with E-state index < -0.39 is 0 Å². The van der Waals surface area contributed by atoms with E-state index in [9.17, 15) is 0 Å². The van der Waals surface area contributed by atoms with Gasteiger partial charge in [0, 0.05) is 18.4 Å². The topological polar surface area (TPSA) is 38.9 Å². The Kier molecular flexibility index (Phi) is 3.14. The van der Waals surface area contributed by atoms with Crippen LogP contribution >= 0.6 is 11.3 Å². The highest BCUT2D eigenvalue weighted by Crippen LogP contribution is 2.22. The molecule has 2 aromatic heterocycles. The quantitative estimate of drug-likeness (QED) is 0.860. The lowest BCUT2D eigenvalue weighted by atomic mass is 10.0. The third kappa shape index (κ3) is 2.43. The molecular formula is C12H14N2S. The lowest BCUT2D eigenvalue weighted by Crippen LogP contribution is -2.13. The lowest BCUT2D eigenvalue weighted by Gasteiger charge is -2.11. The number of nitrogens with zero attached hydrogens (tertiary/aromatic N) is 1. The second-order valence-electron chi connectivity index (χ2n) is 3.68. The molecule has 0 radical (unpaired) electrons. The molecule has 3 heteroatoms. The number of hydrogen-bond donors (Lipinski definition) is 1. The molecule has 78 valence electrons. The normalized spacial score (nSPS) is 12.7.